The fraction of sp³-hybridized carbons (Fsp3) is 0.684. The van der Waals surface area contributed by atoms with Crippen molar-refractivity contribution in [1.29, 1.82) is 0 Å². The molecule has 3 rings (SSSR count). The Hall–Kier alpha value is -2.22. The topological polar surface area (TPSA) is 78.0 Å². The lowest BCUT2D eigenvalue weighted by molar-refractivity contribution is 0.213. The van der Waals surface area contributed by atoms with E-state index in [1.165, 1.54) is 11.6 Å². The summed E-state index contributed by atoms with van der Waals surface area (Å²) in [6.07, 6.45) is 5.60. The summed E-state index contributed by atoms with van der Waals surface area (Å²) in [5.41, 5.74) is -0.232. The first-order valence-electron chi connectivity index (χ1n) is 9.75. The van der Waals surface area contributed by atoms with E-state index in [0.29, 0.717) is 11.4 Å². The van der Waals surface area contributed by atoms with E-state index in [-0.39, 0.29) is 23.2 Å². The Balaban J connectivity index is 2.13. The summed E-state index contributed by atoms with van der Waals surface area (Å²) in [6, 6.07) is 0.216. The molecule has 0 amide bonds. The molecule has 1 atom stereocenters. The molecule has 8 nitrogen and oxygen atoms in total. The van der Waals surface area contributed by atoms with Crippen LogP contribution < -0.4 is 11.2 Å². The van der Waals surface area contributed by atoms with Crippen LogP contribution in [0.4, 0.5) is 0 Å². The van der Waals surface area contributed by atoms with Crippen molar-refractivity contribution in [1.82, 2.24) is 28.8 Å². The fourth-order valence-electron chi connectivity index (χ4n) is 3.75. The zero-order chi connectivity index (χ0) is 19.7. The first kappa shape index (κ1) is 19.5. The summed E-state index contributed by atoms with van der Waals surface area (Å²) < 4.78 is 4.51. The molecule has 0 N–H and O–H groups in total. The van der Waals surface area contributed by atoms with Crippen LogP contribution >= 0.6 is 0 Å². The molecule has 0 aliphatic carbocycles. The summed E-state index contributed by atoms with van der Waals surface area (Å²) in [5, 5.41) is 4.83. The second kappa shape index (κ2) is 7.80. The standard InChI is InChI=1S/C19H30N6O2/c1-6-7-13(2)16-20-17(15-12-23(4)19(27)24(5)18(15)26)25(21-16)14-8-10-22(3)11-9-14/h12-14H,6-11H2,1-5H3. The third-order valence-electron chi connectivity index (χ3n) is 5.53. The molecule has 2 aromatic heterocycles. The molecule has 0 radical (unpaired) electrons. The van der Waals surface area contributed by atoms with E-state index < -0.39 is 0 Å². The van der Waals surface area contributed by atoms with Crippen molar-refractivity contribution in [2.24, 2.45) is 14.1 Å². The van der Waals surface area contributed by atoms with E-state index >= 15 is 0 Å². The van der Waals surface area contributed by atoms with Crippen molar-refractivity contribution in [2.75, 3.05) is 20.1 Å². The van der Waals surface area contributed by atoms with Crippen LogP contribution in [-0.4, -0.2) is 48.9 Å². The SMILES string of the molecule is CCCC(C)c1nc(-c2cn(C)c(=O)n(C)c2=O)n(C2CCN(C)CC2)n1. The van der Waals surface area contributed by atoms with E-state index in [9.17, 15) is 9.59 Å². The van der Waals surface area contributed by atoms with Crippen molar-refractivity contribution in [3.8, 4) is 11.4 Å². The van der Waals surface area contributed by atoms with Gasteiger partial charge in [-0.15, -0.1) is 0 Å². The van der Waals surface area contributed by atoms with Gasteiger partial charge in [0.1, 0.15) is 5.56 Å². The van der Waals surface area contributed by atoms with E-state index in [0.717, 1.165) is 49.2 Å². The van der Waals surface area contributed by atoms with Gasteiger partial charge >= 0.3 is 5.69 Å². The van der Waals surface area contributed by atoms with Crippen LogP contribution in [0.15, 0.2) is 15.8 Å². The van der Waals surface area contributed by atoms with E-state index in [1.807, 2.05) is 4.68 Å². The second-order valence-electron chi connectivity index (χ2n) is 7.76. The monoisotopic (exact) mass is 374 g/mol. The maximum Gasteiger partial charge on any atom is 0.330 e. The molecule has 1 aliphatic rings. The number of hydrogen-bond acceptors (Lipinski definition) is 5. The molecule has 1 saturated heterocycles. The lowest BCUT2D eigenvalue weighted by Gasteiger charge is -2.29. The summed E-state index contributed by atoms with van der Waals surface area (Å²) in [6.45, 7) is 6.26. The van der Waals surface area contributed by atoms with Gasteiger partial charge in [-0.1, -0.05) is 20.3 Å². The molecule has 0 saturated carbocycles. The maximum atomic E-state index is 12.8. The van der Waals surface area contributed by atoms with Crippen molar-refractivity contribution in [3.63, 3.8) is 0 Å². The highest BCUT2D eigenvalue weighted by Crippen LogP contribution is 2.28. The number of piperidine rings is 1. The minimum atomic E-state index is -0.339. The molecular weight excluding hydrogens is 344 g/mol. The van der Waals surface area contributed by atoms with Crippen molar-refractivity contribution < 1.29 is 0 Å². The first-order valence-corrected chi connectivity index (χ1v) is 9.75. The Bertz CT molecular complexity index is 917. The Morgan fingerprint density at radius 2 is 1.85 bits per heavy atom. The normalized spacial score (nSPS) is 17.4. The van der Waals surface area contributed by atoms with Gasteiger partial charge in [0.05, 0.1) is 6.04 Å². The van der Waals surface area contributed by atoms with Gasteiger partial charge in [-0.05, 0) is 39.4 Å². The number of likely N-dealkylation sites (tertiary alicyclic amines) is 1. The van der Waals surface area contributed by atoms with Gasteiger partial charge in [-0.25, -0.2) is 14.5 Å². The summed E-state index contributed by atoms with van der Waals surface area (Å²) in [7, 11) is 5.28. The maximum absolute atomic E-state index is 12.8. The minimum absolute atomic E-state index is 0.216. The molecule has 0 aromatic carbocycles. The zero-order valence-electron chi connectivity index (χ0n) is 17.0. The number of aryl methyl sites for hydroxylation is 1. The highest BCUT2D eigenvalue weighted by atomic mass is 16.2. The lowest BCUT2D eigenvalue weighted by Crippen LogP contribution is -2.38. The average Bonchev–Trinajstić information content (AvgIpc) is 3.09. The number of rotatable bonds is 5. The molecule has 27 heavy (non-hydrogen) atoms. The van der Waals surface area contributed by atoms with E-state index in [4.69, 9.17) is 10.1 Å². The Kier molecular flexibility index (Phi) is 5.64. The van der Waals surface area contributed by atoms with Crippen molar-refractivity contribution in [2.45, 2.75) is 51.5 Å². The quantitative estimate of drug-likeness (QED) is 0.793. The molecule has 1 unspecified atom stereocenters. The van der Waals surface area contributed by atoms with Gasteiger partial charge in [0.2, 0.25) is 0 Å². The minimum Gasteiger partial charge on any atom is -0.306 e. The van der Waals surface area contributed by atoms with Gasteiger partial charge in [0.15, 0.2) is 11.6 Å². The first-order chi connectivity index (χ1) is 12.8. The summed E-state index contributed by atoms with van der Waals surface area (Å²) >= 11 is 0. The molecule has 1 fully saturated rings. The zero-order valence-corrected chi connectivity index (χ0v) is 17.0. The Labute approximate surface area is 159 Å². The third kappa shape index (κ3) is 3.76. The van der Waals surface area contributed by atoms with Crippen LogP contribution in [0.25, 0.3) is 11.4 Å². The van der Waals surface area contributed by atoms with Crippen LogP contribution in [0.5, 0.6) is 0 Å². The van der Waals surface area contributed by atoms with Crippen LogP contribution in [0.2, 0.25) is 0 Å². The highest BCUT2D eigenvalue weighted by molar-refractivity contribution is 5.52. The van der Waals surface area contributed by atoms with Crippen LogP contribution in [0.3, 0.4) is 0 Å². The molecule has 8 heteroatoms. The second-order valence-corrected chi connectivity index (χ2v) is 7.76. The molecular formula is C19H30N6O2. The van der Waals surface area contributed by atoms with E-state index in [1.54, 1.807) is 13.2 Å². The number of aromatic nitrogens is 5. The van der Waals surface area contributed by atoms with Crippen LogP contribution in [0.1, 0.15) is 57.3 Å². The summed E-state index contributed by atoms with van der Waals surface area (Å²) in [5.74, 6) is 1.60. The molecule has 1 aliphatic heterocycles. The van der Waals surface area contributed by atoms with Gasteiger partial charge in [-0.3, -0.25) is 9.36 Å². The Morgan fingerprint density at radius 3 is 2.48 bits per heavy atom. The molecule has 3 heterocycles. The molecule has 0 bridgehead atoms. The summed E-state index contributed by atoms with van der Waals surface area (Å²) in [4.78, 5) is 31.9. The molecule has 148 valence electrons. The molecule has 2 aromatic rings. The van der Waals surface area contributed by atoms with Crippen LogP contribution in [0, 0.1) is 0 Å². The van der Waals surface area contributed by atoms with Gasteiger partial charge in [0.25, 0.3) is 5.56 Å². The van der Waals surface area contributed by atoms with E-state index in [2.05, 4.69) is 25.8 Å². The third-order valence-corrected chi connectivity index (χ3v) is 5.53. The average molecular weight is 374 g/mol. The fourth-order valence-corrected chi connectivity index (χ4v) is 3.75. The van der Waals surface area contributed by atoms with Crippen molar-refractivity contribution >= 4 is 0 Å². The largest absolute Gasteiger partial charge is 0.330 e. The van der Waals surface area contributed by atoms with Gasteiger partial charge < -0.3 is 9.47 Å². The van der Waals surface area contributed by atoms with Crippen LogP contribution in [-0.2, 0) is 14.1 Å². The van der Waals surface area contributed by atoms with Crippen molar-refractivity contribution in [3.05, 3.63) is 32.9 Å². The van der Waals surface area contributed by atoms with Gasteiger partial charge in [-0.2, -0.15) is 5.10 Å². The predicted molar refractivity (Wildman–Crippen MR) is 105 cm³/mol. The Morgan fingerprint density at radius 1 is 1.19 bits per heavy atom. The van der Waals surface area contributed by atoms with Gasteiger partial charge in [0, 0.05) is 26.2 Å². The predicted octanol–water partition coefficient (Wildman–Crippen LogP) is 1.51. The lowest BCUT2D eigenvalue weighted by atomic mass is 10.1. The highest BCUT2D eigenvalue weighted by Gasteiger charge is 2.26. The smallest absolute Gasteiger partial charge is 0.306 e. The number of hydrogen-bond donors (Lipinski definition) is 0. The molecule has 0 spiro atoms. The number of nitrogens with zero attached hydrogens (tertiary/aromatic N) is 6.